The molecule has 1 aliphatic heterocycles. The van der Waals surface area contributed by atoms with Crippen molar-refractivity contribution in [3.63, 3.8) is 0 Å². The van der Waals surface area contributed by atoms with Gasteiger partial charge in [-0.25, -0.2) is 9.48 Å². The molecule has 3 aromatic carbocycles. The Labute approximate surface area is 207 Å². The number of carbonyl (C=O) groups excluding carboxylic acids is 3. The van der Waals surface area contributed by atoms with E-state index >= 15 is 0 Å². The number of amides is 4. The van der Waals surface area contributed by atoms with Crippen LogP contribution in [0.1, 0.15) is 23.0 Å². The first kappa shape index (κ1) is 22.9. The van der Waals surface area contributed by atoms with Crippen LogP contribution in [0.4, 0.5) is 4.79 Å². The number of nitrogens with zero attached hydrogens (tertiary/aromatic N) is 3. The van der Waals surface area contributed by atoms with E-state index in [1.165, 1.54) is 11.8 Å². The van der Waals surface area contributed by atoms with E-state index < -0.39 is 23.4 Å². The van der Waals surface area contributed by atoms with Gasteiger partial charge in [-0.2, -0.15) is 10.1 Å². The summed E-state index contributed by atoms with van der Waals surface area (Å²) in [7, 11) is 1.52. The zero-order valence-electron chi connectivity index (χ0n) is 19.6. The van der Waals surface area contributed by atoms with Crippen LogP contribution in [0.3, 0.4) is 0 Å². The second-order valence-corrected chi connectivity index (χ2v) is 8.40. The molecule has 0 bridgehead atoms. The Kier molecular flexibility index (Phi) is 5.73. The SMILES string of the molecule is COc1cccc([C@@]2(C)NC(=O)N(NC(=O)c3cc(-c4ccccc4)nn3-c3ccccc3)C2=O)c1. The fourth-order valence-electron chi connectivity index (χ4n) is 4.09. The van der Waals surface area contributed by atoms with Crippen LogP contribution < -0.4 is 15.5 Å². The van der Waals surface area contributed by atoms with E-state index in [-0.39, 0.29) is 5.69 Å². The van der Waals surface area contributed by atoms with Gasteiger partial charge in [-0.3, -0.25) is 15.0 Å². The van der Waals surface area contributed by atoms with Gasteiger partial charge < -0.3 is 10.1 Å². The molecule has 0 unspecified atom stereocenters. The second-order valence-electron chi connectivity index (χ2n) is 8.40. The smallest absolute Gasteiger partial charge is 0.344 e. The van der Waals surface area contributed by atoms with E-state index in [2.05, 4.69) is 15.8 Å². The first-order valence-electron chi connectivity index (χ1n) is 11.2. The normalized spacial score (nSPS) is 17.1. The van der Waals surface area contributed by atoms with Crippen molar-refractivity contribution in [3.05, 3.63) is 102 Å². The number of methoxy groups -OCH3 is 1. The molecule has 0 radical (unpaired) electrons. The summed E-state index contributed by atoms with van der Waals surface area (Å²) in [6, 6.07) is 26.3. The van der Waals surface area contributed by atoms with Crippen molar-refractivity contribution in [1.29, 1.82) is 0 Å². The van der Waals surface area contributed by atoms with Crippen LogP contribution in [0.25, 0.3) is 16.9 Å². The Morgan fingerprint density at radius 3 is 2.33 bits per heavy atom. The van der Waals surface area contributed by atoms with E-state index in [1.54, 1.807) is 37.3 Å². The molecule has 1 fully saturated rings. The van der Waals surface area contributed by atoms with Gasteiger partial charge in [-0.05, 0) is 42.8 Å². The number of aromatic nitrogens is 2. The minimum absolute atomic E-state index is 0.163. The van der Waals surface area contributed by atoms with Crippen molar-refractivity contribution in [3.8, 4) is 22.7 Å². The molecule has 1 aliphatic rings. The number of urea groups is 1. The summed E-state index contributed by atoms with van der Waals surface area (Å²) in [5.41, 5.74) is 3.82. The predicted molar refractivity (Wildman–Crippen MR) is 132 cm³/mol. The van der Waals surface area contributed by atoms with Gasteiger partial charge in [-0.15, -0.1) is 0 Å². The van der Waals surface area contributed by atoms with Crippen LogP contribution in [0, 0.1) is 0 Å². The van der Waals surface area contributed by atoms with Crippen molar-refractivity contribution in [2.75, 3.05) is 7.11 Å². The first-order chi connectivity index (χ1) is 17.4. The highest BCUT2D eigenvalue weighted by molar-refractivity contribution is 6.09. The monoisotopic (exact) mass is 481 g/mol. The lowest BCUT2D eigenvalue weighted by Gasteiger charge is -2.22. The van der Waals surface area contributed by atoms with Crippen LogP contribution in [0.5, 0.6) is 5.75 Å². The average Bonchev–Trinajstić information content (AvgIpc) is 3.46. The molecule has 0 saturated carbocycles. The number of nitrogens with one attached hydrogen (secondary N) is 2. The fraction of sp³-hybridized carbons (Fsp3) is 0.111. The Morgan fingerprint density at radius 1 is 0.944 bits per heavy atom. The molecule has 0 aliphatic carbocycles. The summed E-state index contributed by atoms with van der Waals surface area (Å²) in [5.74, 6) is -0.742. The van der Waals surface area contributed by atoms with Gasteiger partial charge in [0.15, 0.2) is 0 Å². The lowest BCUT2D eigenvalue weighted by molar-refractivity contribution is -0.132. The van der Waals surface area contributed by atoms with E-state index in [0.717, 1.165) is 5.56 Å². The molecule has 4 aromatic rings. The van der Waals surface area contributed by atoms with Crippen molar-refractivity contribution in [2.45, 2.75) is 12.5 Å². The van der Waals surface area contributed by atoms with Gasteiger partial charge in [0.2, 0.25) is 0 Å². The third-order valence-corrected chi connectivity index (χ3v) is 6.06. The van der Waals surface area contributed by atoms with Crippen molar-refractivity contribution in [1.82, 2.24) is 25.5 Å². The molecule has 9 heteroatoms. The maximum Gasteiger partial charge on any atom is 0.344 e. The minimum atomic E-state index is -1.38. The minimum Gasteiger partial charge on any atom is -0.497 e. The third kappa shape index (κ3) is 3.96. The summed E-state index contributed by atoms with van der Waals surface area (Å²) in [6.07, 6.45) is 0. The van der Waals surface area contributed by atoms with Crippen LogP contribution in [0.2, 0.25) is 0 Å². The molecule has 1 atom stereocenters. The highest BCUT2D eigenvalue weighted by Gasteiger charge is 2.50. The van der Waals surface area contributed by atoms with Crippen LogP contribution >= 0.6 is 0 Å². The quantitative estimate of drug-likeness (QED) is 0.409. The Balaban J connectivity index is 1.47. The standard InChI is InChI=1S/C27H23N5O4/c1-27(19-12-9-15-21(16-19)36-2)25(34)32(26(35)28-27)30-24(33)23-17-22(18-10-5-3-6-11-18)29-31(23)20-13-7-4-8-14-20/h3-17H,1-2H3,(H,28,35)(H,30,33)/t27-/m1/s1. The predicted octanol–water partition coefficient (Wildman–Crippen LogP) is 3.66. The maximum atomic E-state index is 13.4. The molecular formula is C27H23N5O4. The van der Waals surface area contributed by atoms with E-state index in [4.69, 9.17) is 4.74 Å². The first-order valence-corrected chi connectivity index (χ1v) is 11.2. The molecule has 2 N–H and O–H groups in total. The third-order valence-electron chi connectivity index (χ3n) is 6.06. The lowest BCUT2D eigenvalue weighted by atomic mass is 9.92. The number of para-hydroxylation sites is 1. The maximum absolute atomic E-state index is 13.4. The van der Waals surface area contributed by atoms with Crippen LogP contribution in [0.15, 0.2) is 91.0 Å². The Morgan fingerprint density at radius 2 is 1.64 bits per heavy atom. The highest BCUT2D eigenvalue weighted by Crippen LogP contribution is 2.30. The number of imide groups is 1. The molecule has 5 rings (SSSR count). The molecule has 1 aromatic heterocycles. The number of ether oxygens (including phenoxy) is 1. The fourth-order valence-corrected chi connectivity index (χ4v) is 4.09. The summed E-state index contributed by atoms with van der Waals surface area (Å²) in [5, 5.41) is 7.99. The molecule has 1 saturated heterocycles. The number of rotatable bonds is 6. The molecule has 9 nitrogen and oxygen atoms in total. The Bertz CT molecular complexity index is 1450. The van der Waals surface area contributed by atoms with Gasteiger partial charge in [0.05, 0.1) is 18.5 Å². The zero-order chi connectivity index (χ0) is 25.3. The number of hydrogen-bond acceptors (Lipinski definition) is 5. The van der Waals surface area contributed by atoms with Gasteiger partial charge in [0, 0.05) is 5.56 Å². The van der Waals surface area contributed by atoms with Gasteiger partial charge >= 0.3 is 6.03 Å². The molecular weight excluding hydrogens is 458 g/mol. The van der Waals surface area contributed by atoms with Crippen LogP contribution in [-0.4, -0.2) is 39.7 Å². The van der Waals surface area contributed by atoms with E-state index in [0.29, 0.717) is 27.7 Å². The number of hydrazine groups is 1. The highest BCUT2D eigenvalue weighted by atomic mass is 16.5. The van der Waals surface area contributed by atoms with Crippen LogP contribution in [-0.2, 0) is 10.3 Å². The molecule has 0 spiro atoms. The molecule has 180 valence electrons. The summed E-state index contributed by atoms with van der Waals surface area (Å²) in [6.45, 7) is 1.58. The van der Waals surface area contributed by atoms with Crippen molar-refractivity contribution < 1.29 is 19.1 Å². The summed E-state index contributed by atoms with van der Waals surface area (Å²) in [4.78, 5) is 39.6. The van der Waals surface area contributed by atoms with Gasteiger partial charge in [0.1, 0.15) is 17.0 Å². The topological polar surface area (TPSA) is 106 Å². The summed E-state index contributed by atoms with van der Waals surface area (Å²) >= 11 is 0. The van der Waals surface area contributed by atoms with Crippen molar-refractivity contribution >= 4 is 17.8 Å². The summed E-state index contributed by atoms with van der Waals surface area (Å²) < 4.78 is 6.73. The lowest BCUT2D eigenvalue weighted by Crippen LogP contribution is -2.48. The number of carbonyl (C=O) groups is 3. The van der Waals surface area contributed by atoms with Crippen molar-refractivity contribution in [2.24, 2.45) is 0 Å². The number of benzene rings is 3. The van der Waals surface area contributed by atoms with Gasteiger partial charge in [0.25, 0.3) is 11.8 Å². The molecule has 4 amide bonds. The largest absolute Gasteiger partial charge is 0.497 e. The van der Waals surface area contributed by atoms with E-state index in [9.17, 15) is 14.4 Å². The molecule has 2 heterocycles. The van der Waals surface area contributed by atoms with Gasteiger partial charge in [-0.1, -0.05) is 60.7 Å². The average molecular weight is 482 g/mol. The second kappa shape index (κ2) is 9.03. The Hall–Kier alpha value is -4.92. The van der Waals surface area contributed by atoms with E-state index in [1.807, 2.05) is 60.7 Å². The zero-order valence-corrected chi connectivity index (χ0v) is 19.6. The number of hydrogen-bond donors (Lipinski definition) is 2. The molecule has 36 heavy (non-hydrogen) atoms.